The summed E-state index contributed by atoms with van der Waals surface area (Å²) in [5.74, 6) is 0.953. The lowest BCUT2D eigenvalue weighted by Gasteiger charge is -2.12. The molecule has 1 rings (SSSR count). The Morgan fingerprint density at radius 1 is 1.37 bits per heavy atom. The first kappa shape index (κ1) is 16.0. The van der Waals surface area contributed by atoms with Crippen molar-refractivity contribution in [2.75, 3.05) is 13.2 Å². The smallest absolute Gasteiger partial charge is 0.123 e. The fourth-order valence-corrected chi connectivity index (χ4v) is 2.12. The number of nitriles is 1. The van der Waals surface area contributed by atoms with Gasteiger partial charge in [0, 0.05) is 23.0 Å². The molecule has 4 heteroatoms. The summed E-state index contributed by atoms with van der Waals surface area (Å²) in [4.78, 5) is 0. The molecule has 3 nitrogen and oxygen atoms in total. The van der Waals surface area contributed by atoms with Crippen LogP contribution in [-0.2, 0) is 6.54 Å². The van der Waals surface area contributed by atoms with Gasteiger partial charge in [0.15, 0.2) is 0 Å². The fourth-order valence-electron chi connectivity index (χ4n) is 1.72. The molecule has 104 valence electrons. The van der Waals surface area contributed by atoms with Gasteiger partial charge in [-0.2, -0.15) is 5.26 Å². The Hall–Kier alpha value is -1.05. The first-order chi connectivity index (χ1) is 9.27. The van der Waals surface area contributed by atoms with E-state index in [1.807, 2.05) is 12.1 Å². The highest BCUT2D eigenvalue weighted by molar-refractivity contribution is 9.10. The molecule has 0 radical (unpaired) electrons. The van der Waals surface area contributed by atoms with E-state index in [-0.39, 0.29) is 0 Å². The second kappa shape index (κ2) is 9.82. The van der Waals surface area contributed by atoms with Crippen LogP contribution in [0.5, 0.6) is 5.75 Å². The van der Waals surface area contributed by atoms with E-state index >= 15 is 0 Å². The Bertz CT molecular complexity index is 415. The summed E-state index contributed by atoms with van der Waals surface area (Å²) in [5, 5.41) is 11.9. The van der Waals surface area contributed by atoms with Crippen molar-refractivity contribution in [1.29, 1.82) is 5.26 Å². The third-order valence-corrected chi connectivity index (χ3v) is 3.19. The Kier molecular flexibility index (Phi) is 8.28. The number of nitrogens with one attached hydrogen (secondary N) is 1. The van der Waals surface area contributed by atoms with Gasteiger partial charge in [0.1, 0.15) is 5.75 Å². The Morgan fingerprint density at radius 3 is 2.95 bits per heavy atom. The topological polar surface area (TPSA) is 45.0 Å². The van der Waals surface area contributed by atoms with Crippen molar-refractivity contribution in [1.82, 2.24) is 5.32 Å². The van der Waals surface area contributed by atoms with Gasteiger partial charge in [0.25, 0.3) is 0 Å². The minimum atomic E-state index is 0.642. The first-order valence-corrected chi connectivity index (χ1v) is 7.56. The number of hydrogen-bond acceptors (Lipinski definition) is 3. The van der Waals surface area contributed by atoms with Crippen molar-refractivity contribution in [3.8, 4) is 11.8 Å². The molecule has 0 heterocycles. The summed E-state index contributed by atoms with van der Waals surface area (Å²) >= 11 is 3.49. The van der Waals surface area contributed by atoms with Crippen LogP contribution in [0.25, 0.3) is 0 Å². The van der Waals surface area contributed by atoms with Crippen LogP contribution in [0.2, 0.25) is 0 Å². The lowest BCUT2D eigenvalue weighted by molar-refractivity contribution is 0.313. The fraction of sp³-hybridized carbons (Fsp3) is 0.533. The van der Waals surface area contributed by atoms with Crippen molar-refractivity contribution < 1.29 is 4.74 Å². The SMILES string of the molecule is CCCOc1ccc(Br)cc1CNCCCCC#N. The normalized spacial score (nSPS) is 10.2. The molecule has 0 aliphatic carbocycles. The largest absolute Gasteiger partial charge is 0.493 e. The lowest BCUT2D eigenvalue weighted by Crippen LogP contribution is -2.15. The van der Waals surface area contributed by atoms with Gasteiger partial charge < -0.3 is 10.1 Å². The summed E-state index contributed by atoms with van der Waals surface area (Å²) in [7, 11) is 0. The quantitative estimate of drug-likeness (QED) is 0.698. The highest BCUT2D eigenvalue weighted by atomic mass is 79.9. The molecule has 0 aromatic heterocycles. The van der Waals surface area contributed by atoms with Gasteiger partial charge in [-0.1, -0.05) is 22.9 Å². The monoisotopic (exact) mass is 324 g/mol. The van der Waals surface area contributed by atoms with E-state index in [0.717, 1.165) is 49.2 Å². The molecular weight excluding hydrogens is 304 g/mol. The zero-order chi connectivity index (χ0) is 13.9. The number of nitrogens with zero attached hydrogens (tertiary/aromatic N) is 1. The van der Waals surface area contributed by atoms with Crippen LogP contribution in [-0.4, -0.2) is 13.2 Å². The maximum atomic E-state index is 8.46. The van der Waals surface area contributed by atoms with E-state index in [2.05, 4.69) is 40.3 Å². The number of unbranched alkanes of at least 4 members (excludes halogenated alkanes) is 2. The predicted molar refractivity (Wildman–Crippen MR) is 81.1 cm³/mol. The molecule has 19 heavy (non-hydrogen) atoms. The average Bonchev–Trinajstić information content (AvgIpc) is 2.42. The van der Waals surface area contributed by atoms with Crippen LogP contribution < -0.4 is 10.1 Å². The number of rotatable bonds is 9. The van der Waals surface area contributed by atoms with Crippen molar-refractivity contribution in [3.05, 3.63) is 28.2 Å². The number of halogens is 1. The van der Waals surface area contributed by atoms with Gasteiger partial charge in [-0.05, 0) is 44.0 Å². The lowest BCUT2D eigenvalue weighted by atomic mass is 10.2. The second-order valence-electron chi connectivity index (χ2n) is 4.39. The molecule has 1 N–H and O–H groups in total. The molecule has 1 aromatic rings. The summed E-state index contributed by atoms with van der Waals surface area (Å²) in [5.41, 5.74) is 1.17. The zero-order valence-corrected chi connectivity index (χ0v) is 13.0. The number of benzene rings is 1. The summed E-state index contributed by atoms with van der Waals surface area (Å²) in [6.07, 6.45) is 3.65. The van der Waals surface area contributed by atoms with Gasteiger partial charge in [-0.25, -0.2) is 0 Å². The summed E-state index contributed by atoms with van der Waals surface area (Å²) < 4.78 is 6.80. The highest BCUT2D eigenvalue weighted by Crippen LogP contribution is 2.23. The maximum absolute atomic E-state index is 8.46. The molecule has 0 unspecified atom stereocenters. The van der Waals surface area contributed by atoms with Crippen molar-refractivity contribution >= 4 is 15.9 Å². The van der Waals surface area contributed by atoms with Gasteiger partial charge in [0.2, 0.25) is 0 Å². The third-order valence-electron chi connectivity index (χ3n) is 2.69. The Balaban J connectivity index is 2.42. The van der Waals surface area contributed by atoms with E-state index in [1.165, 1.54) is 5.56 Å². The van der Waals surface area contributed by atoms with Crippen molar-refractivity contribution in [3.63, 3.8) is 0 Å². The van der Waals surface area contributed by atoms with E-state index < -0.39 is 0 Å². The molecule has 1 aromatic carbocycles. The summed E-state index contributed by atoms with van der Waals surface area (Å²) in [6.45, 7) is 4.58. The number of hydrogen-bond donors (Lipinski definition) is 1. The van der Waals surface area contributed by atoms with E-state index in [4.69, 9.17) is 10.00 Å². The molecule has 0 atom stereocenters. The highest BCUT2D eigenvalue weighted by Gasteiger charge is 2.04. The molecule has 0 saturated heterocycles. The van der Waals surface area contributed by atoms with Crippen LogP contribution in [0.15, 0.2) is 22.7 Å². The molecule has 0 fully saturated rings. The molecule has 0 bridgehead atoms. The minimum Gasteiger partial charge on any atom is -0.493 e. The standard InChI is InChI=1S/C15H21BrN2O/c1-2-10-19-15-7-6-14(16)11-13(15)12-18-9-5-3-4-8-17/h6-7,11,18H,2-5,9-10,12H2,1H3. The Morgan fingerprint density at radius 2 is 2.21 bits per heavy atom. The number of ether oxygens (including phenoxy) is 1. The molecule has 0 aliphatic rings. The molecule has 0 aliphatic heterocycles. The second-order valence-corrected chi connectivity index (χ2v) is 5.31. The third kappa shape index (κ3) is 6.60. The predicted octanol–water partition coefficient (Wildman–Crippen LogP) is 4.02. The van der Waals surface area contributed by atoms with Gasteiger partial charge in [-0.15, -0.1) is 0 Å². The van der Waals surface area contributed by atoms with Crippen LogP contribution >= 0.6 is 15.9 Å². The zero-order valence-electron chi connectivity index (χ0n) is 11.4. The van der Waals surface area contributed by atoms with Crippen molar-refractivity contribution in [2.24, 2.45) is 0 Å². The maximum Gasteiger partial charge on any atom is 0.123 e. The van der Waals surface area contributed by atoms with Crippen LogP contribution in [0.4, 0.5) is 0 Å². The van der Waals surface area contributed by atoms with Crippen LogP contribution in [0.3, 0.4) is 0 Å². The van der Waals surface area contributed by atoms with E-state index in [1.54, 1.807) is 0 Å². The molecule has 0 saturated carbocycles. The molecular formula is C15H21BrN2O. The van der Waals surface area contributed by atoms with Gasteiger partial charge in [0.05, 0.1) is 12.7 Å². The van der Waals surface area contributed by atoms with E-state index in [0.29, 0.717) is 6.42 Å². The van der Waals surface area contributed by atoms with Crippen LogP contribution in [0.1, 0.15) is 38.2 Å². The minimum absolute atomic E-state index is 0.642. The van der Waals surface area contributed by atoms with Gasteiger partial charge >= 0.3 is 0 Å². The molecule has 0 spiro atoms. The van der Waals surface area contributed by atoms with Gasteiger partial charge in [-0.3, -0.25) is 0 Å². The van der Waals surface area contributed by atoms with Crippen LogP contribution in [0, 0.1) is 11.3 Å². The first-order valence-electron chi connectivity index (χ1n) is 6.76. The molecule has 0 amide bonds. The average molecular weight is 325 g/mol. The Labute approximate surface area is 124 Å². The van der Waals surface area contributed by atoms with E-state index in [9.17, 15) is 0 Å². The van der Waals surface area contributed by atoms with Crippen molar-refractivity contribution in [2.45, 2.75) is 39.2 Å². The summed E-state index contributed by atoms with van der Waals surface area (Å²) in [6, 6.07) is 8.26.